The van der Waals surface area contributed by atoms with Crippen LogP contribution in [-0.4, -0.2) is 14.8 Å². The van der Waals surface area contributed by atoms with Gasteiger partial charge in [0, 0.05) is 0 Å². The average Bonchev–Trinajstić information content (AvgIpc) is 2.50. The predicted octanol–water partition coefficient (Wildman–Crippen LogP) is -0.446. The number of hydrogen-bond acceptors (Lipinski definition) is 2. The van der Waals surface area contributed by atoms with Gasteiger partial charge >= 0.3 is 51.4 Å². The maximum atomic E-state index is 4.11. The third-order valence-corrected chi connectivity index (χ3v) is 1.20. The Morgan fingerprint density at radius 2 is 2.00 bits per heavy atom. The molecule has 1 aromatic heterocycles. The van der Waals surface area contributed by atoms with E-state index in [2.05, 4.69) is 22.7 Å². The molecule has 0 N–H and O–H groups in total. The number of aromatic nitrogens is 3. The van der Waals surface area contributed by atoms with Crippen LogP contribution in [0.3, 0.4) is 0 Å². The Labute approximate surface area is 129 Å². The molecule has 1 heterocycles. The van der Waals surface area contributed by atoms with Crippen LogP contribution >= 0.6 is 0 Å². The van der Waals surface area contributed by atoms with E-state index in [0.717, 1.165) is 11.6 Å². The quantitative estimate of drug-likeness (QED) is 0.496. The van der Waals surface area contributed by atoms with E-state index in [1.54, 1.807) is 17.0 Å². The molecule has 1 rings (SSSR count). The van der Waals surface area contributed by atoms with E-state index in [9.17, 15) is 0 Å². The van der Waals surface area contributed by atoms with E-state index in [1.165, 1.54) is 0 Å². The summed E-state index contributed by atoms with van der Waals surface area (Å²) < 4.78 is 1.64. The van der Waals surface area contributed by atoms with Crippen LogP contribution in [0.4, 0.5) is 0 Å². The second-order valence-electron chi connectivity index (χ2n) is 2.08. The van der Waals surface area contributed by atoms with Crippen LogP contribution in [0.5, 0.6) is 0 Å². The van der Waals surface area contributed by atoms with Gasteiger partial charge in [-0.2, -0.15) is 18.2 Å². The van der Waals surface area contributed by atoms with Gasteiger partial charge < -0.3 is 6.08 Å². The van der Waals surface area contributed by atoms with Gasteiger partial charge in [0.2, 0.25) is 0 Å². The van der Waals surface area contributed by atoms with Crippen molar-refractivity contribution in [2.45, 2.75) is 27.7 Å². The van der Waals surface area contributed by atoms with Gasteiger partial charge in [0.05, 0.1) is 0 Å². The Morgan fingerprint density at radius 1 is 1.43 bits per heavy atom. The van der Waals surface area contributed by atoms with Gasteiger partial charge in [-0.25, -0.2) is 4.98 Å². The molecule has 0 bridgehead atoms. The van der Waals surface area contributed by atoms with Crippen LogP contribution < -0.4 is 51.4 Å². The molecule has 0 amide bonds. The van der Waals surface area contributed by atoms with Crippen molar-refractivity contribution in [1.29, 1.82) is 0 Å². The first-order valence-corrected chi connectivity index (χ1v) is 4.34. The third kappa shape index (κ3) is 5.22. The van der Waals surface area contributed by atoms with Crippen molar-refractivity contribution in [2.75, 3.05) is 0 Å². The molecule has 0 aliphatic rings. The fourth-order valence-electron chi connectivity index (χ4n) is 0.803. The van der Waals surface area contributed by atoms with Crippen LogP contribution in [0.1, 0.15) is 32.4 Å². The second-order valence-corrected chi connectivity index (χ2v) is 2.08. The monoisotopic (exact) mass is 217 g/mol. The van der Waals surface area contributed by atoms with E-state index in [4.69, 9.17) is 0 Å². The summed E-state index contributed by atoms with van der Waals surface area (Å²) in [5.41, 5.74) is 0. The predicted molar refractivity (Wildman–Crippen MR) is 55.9 cm³/mol. The molecule has 0 radical (unpaired) electrons. The number of nitrogens with zero attached hydrogens (tertiary/aromatic N) is 3. The molecular weight excluding hydrogens is 201 g/mol. The zero-order chi connectivity index (χ0) is 10.3. The summed E-state index contributed by atoms with van der Waals surface area (Å²) in [4.78, 5) is 4.11. The Morgan fingerprint density at radius 3 is 2.43 bits per heavy atom. The first-order valence-electron chi connectivity index (χ1n) is 4.34. The molecule has 72 valence electrons. The SMILES string of the molecule is C=Cc1nc(C)nn1C=[C-]C.CC.[K+]. The van der Waals surface area contributed by atoms with Crippen molar-refractivity contribution in [3.63, 3.8) is 0 Å². The molecule has 0 aromatic carbocycles. The fourth-order valence-corrected chi connectivity index (χ4v) is 0.803. The van der Waals surface area contributed by atoms with Gasteiger partial charge in [-0.3, -0.25) is 4.68 Å². The van der Waals surface area contributed by atoms with Crippen LogP contribution in [0.25, 0.3) is 12.3 Å². The molecule has 14 heavy (non-hydrogen) atoms. The zero-order valence-corrected chi connectivity index (χ0v) is 12.8. The van der Waals surface area contributed by atoms with Crippen molar-refractivity contribution in [2.24, 2.45) is 0 Å². The number of hydrogen-bond donors (Lipinski definition) is 0. The summed E-state index contributed by atoms with van der Waals surface area (Å²) in [6.45, 7) is 11.3. The van der Waals surface area contributed by atoms with Gasteiger partial charge in [-0.1, -0.05) is 20.4 Å². The van der Waals surface area contributed by atoms with E-state index in [-0.39, 0.29) is 51.4 Å². The summed E-state index contributed by atoms with van der Waals surface area (Å²) in [5, 5.41) is 4.09. The number of rotatable bonds is 2. The Bertz CT molecular complexity index is 290. The minimum absolute atomic E-state index is 0. The van der Waals surface area contributed by atoms with Crippen molar-refractivity contribution in [1.82, 2.24) is 14.8 Å². The van der Waals surface area contributed by atoms with E-state index < -0.39 is 0 Å². The zero-order valence-electron chi connectivity index (χ0n) is 9.70. The summed E-state index contributed by atoms with van der Waals surface area (Å²) >= 11 is 0. The van der Waals surface area contributed by atoms with Crippen LogP contribution in [0, 0.1) is 13.0 Å². The van der Waals surface area contributed by atoms with Gasteiger partial charge in [0.1, 0.15) is 5.82 Å². The second kappa shape index (κ2) is 9.80. The Hall–Kier alpha value is 0.256. The van der Waals surface area contributed by atoms with Gasteiger partial charge in [0.25, 0.3) is 0 Å². The fraction of sp³-hybridized carbons (Fsp3) is 0.400. The van der Waals surface area contributed by atoms with Crippen LogP contribution in [-0.2, 0) is 0 Å². The molecule has 0 aliphatic heterocycles. The van der Waals surface area contributed by atoms with Gasteiger partial charge in [0.15, 0.2) is 5.82 Å². The molecule has 0 unspecified atom stereocenters. The Balaban J connectivity index is 0. The van der Waals surface area contributed by atoms with Crippen LogP contribution in [0.15, 0.2) is 6.58 Å². The van der Waals surface area contributed by atoms with Crippen molar-refractivity contribution in [3.05, 3.63) is 24.3 Å². The molecule has 0 saturated carbocycles. The molecule has 0 spiro atoms. The Kier molecular flexibility index (Phi) is 11.7. The average molecular weight is 217 g/mol. The standard InChI is InChI=1S/C8H10N3.C2H6.K/c1-4-6-11-8(5-2)9-7(3)10-11;1-2;/h5-6H,2H2,1,3H3;1-2H3;/q-1;;+1. The summed E-state index contributed by atoms with van der Waals surface area (Å²) in [5.74, 6) is 1.49. The molecule has 1 aromatic rings. The topological polar surface area (TPSA) is 30.7 Å². The molecule has 0 aliphatic carbocycles. The molecule has 0 fully saturated rings. The maximum Gasteiger partial charge on any atom is 1.00 e. The summed E-state index contributed by atoms with van der Waals surface area (Å²) in [7, 11) is 0. The third-order valence-electron chi connectivity index (χ3n) is 1.20. The van der Waals surface area contributed by atoms with Gasteiger partial charge in [-0.15, -0.1) is 0 Å². The van der Waals surface area contributed by atoms with Gasteiger partial charge in [-0.05, 0) is 13.0 Å². The van der Waals surface area contributed by atoms with E-state index >= 15 is 0 Å². The molecule has 0 saturated heterocycles. The smallest absolute Gasteiger partial charge is 0.480 e. The summed E-state index contributed by atoms with van der Waals surface area (Å²) in [6, 6.07) is 0. The van der Waals surface area contributed by atoms with Crippen molar-refractivity contribution >= 4 is 12.3 Å². The molecular formula is C10H16KN3. The number of aryl methyl sites for hydroxylation is 1. The normalized spacial score (nSPS) is 8.86. The first kappa shape index (κ1) is 16.7. The first-order chi connectivity index (χ1) is 6.27. The molecule has 3 nitrogen and oxygen atoms in total. The van der Waals surface area contributed by atoms with E-state index in [0.29, 0.717) is 0 Å². The molecule has 0 atom stereocenters. The van der Waals surface area contributed by atoms with E-state index in [1.807, 2.05) is 27.7 Å². The van der Waals surface area contributed by atoms with Crippen molar-refractivity contribution < 1.29 is 51.4 Å². The largest absolute Gasteiger partial charge is 1.00 e. The van der Waals surface area contributed by atoms with Crippen LogP contribution in [0.2, 0.25) is 0 Å². The number of allylic oxidation sites excluding steroid dienone is 1. The maximum absolute atomic E-state index is 4.11. The van der Waals surface area contributed by atoms with Crippen molar-refractivity contribution in [3.8, 4) is 0 Å². The summed E-state index contributed by atoms with van der Waals surface area (Å²) in [6.07, 6.45) is 6.24. The minimum Gasteiger partial charge on any atom is -0.480 e. The molecule has 4 heteroatoms. The minimum atomic E-state index is 0.